The Labute approximate surface area is 124 Å². The lowest BCUT2D eigenvalue weighted by Crippen LogP contribution is -2.44. The molecule has 0 fully saturated rings. The van der Waals surface area contributed by atoms with Crippen molar-refractivity contribution in [2.24, 2.45) is 0 Å². The van der Waals surface area contributed by atoms with E-state index in [1.165, 1.54) is 18.4 Å². The van der Waals surface area contributed by atoms with E-state index < -0.39 is 0 Å². The molecule has 0 radical (unpaired) electrons. The lowest BCUT2D eigenvalue weighted by Gasteiger charge is -2.33. The topological polar surface area (TPSA) is 24.5 Å². The predicted molar refractivity (Wildman–Crippen MR) is 86.5 cm³/mol. The Morgan fingerprint density at radius 1 is 1.30 bits per heavy atom. The molecular formula is C17H30N2O. The first-order valence-electron chi connectivity index (χ1n) is 7.62. The number of para-hydroxylation sites is 1. The summed E-state index contributed by atoms with van der Waals surface area (Å²) in [5.74, 6) is 0.994. The number of nitrogens with one attached hydrogen (secondary N) is 1. The summed E-state index contributed by atoms with van der Waals surface area (Å²) < 4.78 is 5.45. The third kappa shape index (κ3) is 4.80. The smallest absolute Gasteiger partial charge is 0.122 e. The van der Waals surface area contributed by atoms with E-state index in [1.807, 2.05) is 19.2 Å². The fraction of sp³-hybridized carbons (Fsp3) is 0.647. The molecule has 1 aromatic rings. The van der Waals surface area contributed by atoms with Gasteiger partial charge in [-0.25, -0.2) is 0 Å². The average molecular weight is 278 g/mol. The van der Waals surface area contributed by atoms with Crippen LogP contribution >= 0.6 is 0 Å². The van der Waals surface area contributed by atoms with Crippen molar-refractivity contribution >= 4 is 0 Å². The van der Waals surface area contributed by atoms with Crippen LogP contribution in [0, 0.1) is 0 Å². The first-order valence-corrected chi connectivity index (χ1v) is 7.62. The molecule has 0 aliphatic rings. The van der Waals surface area contributed by atoms with Crippen LogP contribution in [0.3, 0.4) is 0 Å². The molecule has 0 amide bonds. The van der Waals surface area contributed by atoms with Crippen LogP contribution in [0.1, 0.15) is 32.3 Å². The molecule has 0 saturated carbocycles. The Balaban J connectivity index is 2.70. The van der Waals surface area contributed by atoms with Gasteiger partial charge in [-0.05, 0) is 45.5 Å². The molecule has 0 aromatic heterocycles. The Morgan fingerprint density at radius 2 is 2.00 bits per heavy atom. The van der Waals surface area contributed by atoms with Gasteiger partial charge in [0.15, 0.2) is 0 Å². The van der Waals surface area contributed by atoms with Gasteiger partial charge in [-0.1, -0.05) is 31.5 Å². The maximum atomic E-state index is 5.45. The molecule has 114 valence electrons. The van der Waals surface area contributed by atoms with Crippen LogP contribution in [0.4, 0.5) is 0 Å². The van der Waals surface area contributed by atoms with Crippen LogP contribution in [0.25, 0.3) is 0 Å². The molecule has 0 saturated heterocycles. The molecule has 2 unspecified atom stereocenters. The molecule has 20 heavy (non-hydrogen) atoms. The standard InChI is InChI=1S/C17H30N2O/c1-6-9-16(13-18-3)19(4)14(2)12-15-10-7-8-11-17(15)20-5/h7-8,10-11,14,16,18H,6,9,12-13H2,1-5H3. The first kappa shape index (κ1) is 17.0. The van der Waals surface area contributed by atoms with Gasteiger partial charge in [0.2, 0.25) is 0 Å². The van der Waals surface area contributed by atoms with Crippen molar-refractivity contribution in [2.75, 3.05) is 27.7 Å². The first-order chi connectivity index (χ1) is 9.63. The van der Waals surface area contributed by atoms with Gasteiger partial charge in [-0.3, -0.25) is 4.90 Å². The van der Waals surface area contributed by atoms with E-state index in [2.05, 4.69) is 43.2 Å². The van der Waals surface area contributed by atoms with Crippen molar-refractivity contribution in [1.29, 1.82) is 0 Å². The quantitative estimate of drug-likeness (QED) is 0.751. The van der Waals surface area contributed by atoms with E-state index in [4.69, 9.17) is 4.74 Å². The van der Waals surface area contributed by atoms with Crippen LogP contribution in [0.2, 0.25) is 0 Å². The Hall–Kier alpha value is -1.06. The van der Waals surface area contributed by atoms with Crippen LogP contribution in [-0.2, 0) is 6.42 Å². The minimum atomic E-state index is 0.496. The summed E-state index contributed by atoms with van der Waals surface area (Å²) in [6.45, 7) is 5.59. The molecule has 1 N–H and O–H groups in total. The van der Waals surface area contributed by atoms with Crippen molar-refractivity contribution in [2.45, 2.75) is 45.2 Å². The van der Waals surface area contributed by atoms with E-state index in [-0.39, 0.29) is 0 Å². The van der Waals surface area contributed by atoms with Gasteiger partial charge in [0.1, 0.15) is 5.75 Å². The van der Waals surface area contributed by atoms with E-state index in [1.54, 1.807) is 7.11 Å². The summed E-state index contributed by atoms with van der Waals surface area (Å²) in [5, 5.41) is 3.31. The van der Waals surface area contributed by atoms with Crippen molar-refractivity contribution in [1.82, 2.24) is 10.2 Å². The minimum Gasteiger partial charge on any atom is -0.496 e. The number of nitrogens with zero attached hydrogens (tertiary/aromatic N) is 1. The lowest BCUT2D eigenvalue weighted by atomic mass is 10.0. The highest BCUT2D eigenvalue weighted by Crippen LogP contribution is 2.21. The van der Waals surface area contributed by atoms with Crippen LogP contribution < -0.4 is 10.1 Å². The second-order valence-corrected chi connectivity index (χ2v) is 5.53. The Morgan fingerprint density at radius 3 is 2.60 bits per heavy atom. The van der Waals surface area contributed by atoms with E-state index >= 15 is 0 Å². The zero-order valence-electron chi connectivity index (χ0n) is 13.6. The normalized spacial score (nSPS) is 14.3. The minimum absolute atomic E-state index is 0.496. The number of methoxy groups -OCH3 is 1. The monoisotopic (exact) mass is 278 g/mol. The molecule has 2 atom stereocenters. The summed E-state index contributed by atoms with van der Waals surface area (Å²) in [4.78, 5) is 2.49. The highest BCUT2D eigenvalue weighted by Gasteiger charge is 2.19. The lowest BCUT2D eigenvalue weighted by molar-refractivity contribution is 0.170. The third-order valence-corrected chi connectivity index (χ3v) is 4.04. The van der Waals surface area contributed by atoms with Gasteiger partial charge in [0.05, 0.1) is 7.11 Å². The molecule has 3 heteroatoms. The summed E-state index contributed by atoms with van der Waals surface area (Å²) >= 11 is 0. The van der Waals surface area contributed by atoms with Gasteiger partial charge >= 0.3 is 0 Å². The highest BCUT2D eigenvalue weighted by atomic mass is 16.5. The maximum Gasteiger partial charge on any atom is 0.122 e. The van der Waals surface area contributed by atoms with Crippen LogP contribution in [0.5, 0.6) is 5.75 Å². The van der Waals surface area contributed by atoms with Crippen molar-refractivity contribution in [3.63, 3.8) is 0 Å². The molecule has 0 bridgehead atoms. The zero-order valence-corrected chi connectivity index (χ0v) is 13.6. The SMILES string of the molecule is CCCC(CNC)N(C)C(C)Cc1ccccc1OC. The average Bonchev–Trinajstić information content (AvgIpc) is 2.46. The summed E-state index contributed by atoms with van der Waals surface area (Å²) in [7, 11) is 6.01. The van der Waals surface area contributed by atoms with E-state index in [9.17, 15) is 0 Å². The Kier molecular flexibility index (Phi) is 7.63. The maximum absolute atomic E-state index is 5.45. The van der Waals surface area contributed by atoms with E-state index in [0.29, 0.717) is 12.1 Å². The van der Waals surface area contributed by atoms with Gasteiger partial charge in [0.25, 0.3) is 0 Å². The van der Waals surface area contributed by atoms with Gasteiger partial charge < -0.3 is 10.1 Å². The molecular weight excluding hydrogens is 248 g/mol. The molecule has 0 heterocycles. The van der Waals surface area contributed by atoms with Crippen LogP contribution in [-0.4, -0.2) is 44.7 Å². The number of ether oxygens (including phenoxy) is 1. The van der Waals surface area contributed by atoms with Gasteiger partial charge in [-0.15, -0.1) is 0 Å². The fourth-order valence-corrected chi connectivity index (χ4v) is 2.71. The second-order valence-electron chi connectivity index (χ2n) is 5.53. The van der Waals surface area contributed by atoms with Crippen molar-refractivity contribution in [3.8, 4) is 5.75 Å². The fourth-order valence-electron chi connectivity index (χ4n) is 2.71. The molecule has 1 aromatic carbocycles. The van der Waals surface area contributed by atoms with Crippen LogP contribution in [0.15, 0.2) is 24.3 Å². The number of rotatable bonds is 9. The third-order valence-electron chi connectivity index (χ3n) is 4.04. The summed E-state index contributed by atoms with van der Waals surface area (Å²) in [6.07, 6.45) is 3.47. The van der Waals surface area contributed by atoms with Crippen molar-refractivity contribution < 1.29 is 4.74 Å². The molecule has 3 nitrogen and oxygen atoms in total. The number of benzene rings is 1. The second kappa shape index (κ2) is 8.98. The zero-order chi connectivity index (χ0) is 15.0. The predicted octanol–water partition coefficient (Wildman–Crippen LogP) is 2.95. The summed E-state index contributed by atoms with van der Waals surface area (Å²) in [6, 6.07) is 9.40. The molecule has 0 spiro atoms. The largest absolute Gasteiger partial charge is 0.496 e. The van der Waals surface area contributed by atoms with Crippen molar-refractivity contribution in [3.05, 3.63) is 29.8 Å². The summed E-state index contributed by atoms with van der Waals surface area (Å²) in [5.41, 5.74) is 1.29. The number of hydrogen-bond donors (Lipinski definition) is 1. The van der Waals surface area contributed by atoms with E-state index in [0.717, 1.165) is 18.7 Å². The highest BCUT2D eigenvalue weighted by molar-refractivity contribution is 5.33. The molecule has 1 rings (SSSR count). The Bertz CT molecular complexity index is 375. The molecule has 0 aliphatic heterocycles. The number of likely N-dealkylation sites (N-methyl/N-ethyl adjacent to an activating group) is 2. The van der Waals surface area contributed by atoms with Gasteiger partial charge in [0, 0.05) is 18.6 Å². The van der Waals surface area contributed by atoms with Gasteiger partial charge in [-0.2, -0.15) is 0 Å². The molecule has 0 aliphatic carbocycles. The number of hydrogen-bond acceptors (Lipinski definition) is 3.